The number of phenolic OH excluding ortho intramolecular Hbond substituents is 1. The summed E-state index contributed by atoms with van der Waals surface area (Å²) < 4.78 is 5.48. The lowest BCUT2D eigenvalue weighted by Gasteiger charge is -2.06. The second-order valence-electron chi connectivity index (χ2n) is 5.18. The van der Waals surface area contributed by atoms with E-state index in [-0.39, 0.29) is 18.3 Å². The van der Waals surface area contributed by atoms with Crippen LogP contribution in [-0.2, 0) is 4.79 Å². The maximum absolute atomic E-state index is 11.7. The summed E-state index contributed by atoms with van der Waals surface area (Å²) >= 11 is 0. The average molecular weight is 320 g/mol. The molecule has 24 heavy (non-hydrogen) atoms. The van der Waals surface area contributed by atoms with Crippen molar-refractivity contribution >= 4 is 22.9 Å². The molecule has 5 heteroatoms. The van der Waals surface area contributed by atoms with Crippen molar-refractivity contribution in [3.05, 3.63) is 72.3 Å². The van der Waals surface area contributed by atoms with E-state index in [1.54, 1.807) is 24.3 Å². The third-order valence-electron chi connectivity index (χ3n) is 3.39. The van der Waals surface area contributed by atoms with Crippen LogP contribution in [0.15, 0.2) is 71.8 Å². The molecule has 0 spiro atoms. The molecule has 2 N–H and O–H groups in total. The van der Waals surface area contributed by atoms with Crippen molar-refractivity contribution in [2.45, 2.75) is 0 Å². The number of hydrazone groups is 1. The number of benzene rings is 3. The van der Waals surface area contributed by atoms with Crippen molar-refractivity contribution in [1.82, 2.24) is 5.43 Å². The SMILES string of the molecule is O=C(COc1ccc2ccccc2c1)NN=Cc1ccc(O)cc1. The Morgan fingerprint density at radius 1 is 1.04 bits per heavy atom. The van der Waals surface area contributed by atoms with Crippen molar-refractivity contribution < 1.29 is 14.6 Å². The van der Waals surface area contributed by atoms with E-state index >= 15 is 0 Å². The fourth-order valence-corrected chi connectivity index (χ4v) is 2.18. The summed E-state index contributed by atoms with van der Waals surface area (Å²) in [7, 11) is 0. The molecule has 0 unspecified atom stereocenters. The van der Waals surface area contributed by atoms with Gasteiger partial charge in [-0.25, -0.2) is 5.43 Å². The molecule has 0 aliphatic heterocycles. The smallest absolute Gasteiger partial charge is 0.277 e. The molecule has 0 saturated heterocycles. The van der Waals surface area contributed by atoms with Crippen LogP contribution in [0.25, 0.3) is 10.8 Å². The zero-order valence-corrected chi connectivity index (χ0v) is 12.8. The maximum Gasteiger partial charge on any atom is 0.277 e. The molecule has 0 saturated carbocycles. The van der Waals surface area contributed by atoms with Gasteiger partial charge in [0.25, 0.3) is 5.91 Å². The lowest BCUT2D eigenvalue weighted by Crippen LogP contribution is -2.24. The summed E-state index contributed by atoms with van der Waals surface area (Å²) in [5, 5.41) is 15.2. The van der Waals surface area contributed by atoms with Gasteiger partial charge in [0.1, 0.15) is 11.5 Å². The molecule has 0 heterocycles. The van der Waals surface area contributed by atoms with Crippen molar-refractivity contribution in [2.75, 3.05) is 6.61 Å². The van der Waals surface area contributed by atoms with Gasteiger partial charge < -0.3 is 9.84 Å². The number of hydrogen-bond donors (Lipinski definition) is 2. The van der Waals surface area contributed by atoms with Crippen LogP contribution in [-0.4, -0.2) is 23.8 Å². The molecule has 120 valence electrons. The van der Waals surface area contributed by atoms with Gasteiger partial charge in [-0.15, -0.1) is 0 Å². The summed E-state index contributed by atoms with van der Waals surface area (Å²) in [6.07, 6.45) is 1.49. The molecule has 5 nitrogen and oxygen atoms in total. The standard InChI is InChI=1S/C19H16N2O3/c22-17-8-5-14(6-9-17)12-20-21-19(23)13-24-18-10-7-15-3-1-2-4-16(15)11-18/h1-12,22H,13H2,(H,21,23). The number of carbonyl (C=O) groups is 1. The lowest BCUT2D eigenvalue weighted by molar-refractivity contribution is -0.123. The first kappa shape index (κ1) is 15.6. The Labute approximate surface area is 139 Å². The van der Waals surface area contributed by atoms with Gasteiger partial charge in [0.15, 0.2) is 6.61 Å². The highest BCUT2D eigenvalue weighted by molar-refractivity contribution is 5.84. The Balaban J connectivity index is 1.52. The third-order valence-corrected chi connectivity index (χ3v) is 3.39. The van der Waals surface area contributed by atoms with Crippen LogP contribution in [0.1, 0.15) is 5.56 Å². The van der Waals surface area contributed by atoms with Gasteiger partial charge >= 0.3 is 0 Å². The molecule has 0 radical (unpaired) electrons. The molecule has 0 fully saturated rings. The minimum atomic E-state index is -0.349. The quantitative estimate of drug-likeness (QED) is 0.560. The van der Waals surface area contributed by atoms with Gasteiger partial charge in [0.2, 0.25) is 0 Å². The van der Waals surface area contributed by atoms with E-state index in [1.807, 2.05) is 42.5 Å². The van der Waals surface area contributed by atoms with Crippen LogP contribution < -0.4 is 10.2 Å². The number of amides is 1. The summed E-state index contributed by atoms with van der Waals surface area (Å²) in [5.41, 5.74) is 3.16. The molecular weight excluding hydrogens is 304 g/mol. The van der Waals surface area contributed by atoms with E-state index in [0.29, 0.717) is 5.75 Å². The van der Waals surface area contributed by atoms with Crippen LogP contribution in [0.3, 0.4) is 0 Å². The van der Waals surface area contributed by atoms with E-state index in [0.717, 1.165) is 16.3 Å². The first-order valence-corrected chi connectivity index (χ1v) is 7.43. The summed E-state index contributed by atoms with van der Waals surface area (Å²) in [5.74, 6) is 0.463. The zero-order chi connectivity index (χ0) is 16.8. The van der Waals surface area contributed by atoms with Crippen molar-refractivity contribution in [3.8, 4) is 11.5 Å². The van der Waals surface area contributed by atoms with E-state index in [9.17, 15) is 9.90 Å². The molecule has 0 aliphatic carbocycles. The van der Waals surface area contributed by atoms with E-state index in [1.165, 1.54) is 6.21 Å². The predicted octanol–water partition coefficient (Wildman–Crippen LogP) is 3.07. The van der Waals surface area contributed by atoms with Crippen LogP contribution in [0.2, 0.25) is 0 Å². The Hall–Kier alpha value is -3.34. The van der Waals surface area contributed by atoms with Crippen molar-refractivity contribution in [1.29, 1.82) is 0 Å². The molecule has 0 atom stereocenters. The van der Waals surface area contributed by atoms with E-state index < -0.39 is 0 Å². The van der Waals surface area contributed by atoms with E-state index in [2.05, 4.69) is 10.5 Å². The summed E-state index contributed by atoms with van der Waals surface area (Å²) in [4.78, 5) is 11.7. The molecule has 0 bridgehead atoms. The van der Waals surface area contributed by atoms with Crippen LogP contribution in [0, 0.1) is 0 Å². The number of aromatic hydroxyl groups is 1. The number of rotatable bonds is 5. The Morgan fingerprint density at radius 2 is 1.79 bits per heavy atom. The Kier molecular flexibility index (Phi) is 4.72. The molecule has 1 amide bonds. The van der Waals surface area contributed by atoms with Gasteiger partial charge in [-0.2, -0.15) is 5.10 Å². The first-order valence-electron chi connectivity index (χ1n) is 7.43. The zero-order valence-electron chi connectivity index (χ0n) is 12.8. The molecule has 0 aromatic heterocycles. The highest BCUT2D eigenvalue weighted by Gasteiger charge is 2.02. The number of ether oxygens (including phenoxy) is 1. The number of carbonyl (C=O) groups excluding carboxylic acids is 1. The lowest BCUT2D eigenvalue weighted by atomic mass is 10.1. The highest BCUT2D eigenvalue weighted by Crippen LogP contribution is 2.20. The molecule has 3 rings (SSSR count). The van der Waals surface area contributed by atoms with Crippen LogP contribution >= 0.6 is 0 Å². The van der Waals surface area contributed by atoms with Gasteiger partial charge in [-0.05, 0) is 52.7 Å². The van der Waals surface area contributed by atoms with Crippen molar-refractivity contribution in [2.24, 2.45) is 5.10 Å². The largest absolute Gasteiger partial charge is 0.508 e. The second kappa shape index (κ2) is 7.28. The van der Waals surface area contributed by atoms with Crippen LogP contribution in [0.4, 0.5) is 0 Å². The number of hydrogen-bond acceptors (Lipinski definition) is 4. The summed E-state index contributed by atoms with van der Waals surface area (Å²) in [6, 6.07) is 20.1. The fourth-order valence-electron chi connectivity index (χ4n) is 2.18. The maximum atomic E-state index is 11.7. The second-order valence-corrected chi connectivity index (χ2v) is 5.18. The third kappa shape index (κ3) is 4.10. The minimum absolute atomic E-state index is 0.120. The van der Waals surface area contributed by atoms with Crippen LogP contribution in [0.5, 0.6) is 11.5 Å². The van der Waals surface area contributed by atoms with E-state index in [4.69, 9.17) is 4.74 Å². The summed E-state index contributed by atoms with van der Waals surface area (Å²) in [6.45, 7) is -0.120. The predicted molar refractivity (Wildman–Crippen MR) is 93.3 cm³/mol. The minimum Gasteiger partial charge on any atom is -0.508 e. The average Bonchev–Trinajstić information content (AvgIpc) is 2.61. The highest BCUT2D eigenvalue weighted by atomic mass is 16.5. The van der Waals surface area contributed by atoms with Gasteiger partial charge in [-0.3, -0.25) is 4.79 Å². The Morgan fingerprint density at radius 3 is 2.58 bits per heavy atom. The molecule has 3 aromatic rings. The van der Waals surface area contributed by atoms with Gasteiger partial charge in [-0.1, -0.05) is 30.3 Å². The fraction of sp³-hybridized carbons (Fsp3) is 0.0526. The molecular formula is C19H16N2O3. The topological polar surface area (TPSA) is 70.9 Å². The number of nitrogens with zero attached hydrogens (tertiary/aromatic N) is 1. The first-order chi connectivity index (χ1) is 11.7. The van der Waals surface area contributed by atoms with Crippen molar-refractivity contribution in [3.63, 3.8) is 0 Å². The van der Waals surface area contributed by atoms with Gasteiger partial charge in [0.05, 0.1) is 6.21 Å². The molecule has 0 aliphatic rings. The molecule has 3 aromatic carbocycles. The number of nitrogens with one attached hydrogen (secondary N) is 1. The number of fused-ring (bicyclic) bond motifs is 1. The number of phenols is 1. The van der Waals surface area contributed by atoms with Gasteiger partial charge in [0, 0.05) is 0 Å². The normalized spacial score (nSPS) is 10.8. The monoisotopic (exact) mass is 320 g/mol. The Bertz CT molecular complexity index is 873.